The monoisotopic (exact) mass is 407 g/mol. The zero-order chi connectivity index (χ0) is 21.0. The molecule has 1 atom stereocenters. The van der Waals surface area contributed by atoms with Crippen molar-refractivity contribution in [1.82, 2.24) is 4.90 Å². The largest absolute Gasteiger partial charge is 0.485 e. The Morgan fingerprint density at radius 3 is 2.72 bits per heavy atom. The number of ether oxygens (including phenoxy) is 1. The summed E-state index contributed by atoms with van der Waals surface area (Å²) >= 11 is 0. The molecule has 0 radical (unpaired) electrons. The van der Waals surface area contributed by atoms with Crippen molar-refractivity contribution >= 4 is 17.3 Å². The summed E-state index contributed by atoms with van der Waals surface area (Å²) in [6.45, 7) is 4.18. The first kappa shape index (κ1) is 21.0. The number of rotatable bonds is 6. The fraction of sp³-hybridized carbons (Fsp3) is 0.381. The smallest absolute Gasteiger partial charge is 0.416 e. The van der Waals surface area contributed by atoms with E-state index in [4.69, 9.17) is 4.74 Å². The zero-order valence-corrected chi connectivity index (χ0v) is 16.4. The Morgan fingerprint density at radius 1 is 1.24 bits per heavy atom. The molecule has 1 aliphatic heterocycles. The van der Waals surface area contributed by atoms with Crippen LogP contribution < -0.4 is 15.0 Å². The number of para-hydroxylation sites is 2. The molecular weight excluding hydrogens is 383 g/mol. The second-order valence-corrected chi connectivity index (χ2v) is 7.07. The van der Waals surface area contributed by atoms with Crippen molar-refractivity contribution in [3.8, 4) is 5.75 Å². The topological polar surface area (TPSA) is 44.8 Å². The quantitative estimate of drug-likeness (QED) is 0.790. The molecule has 3 rings (SSSR count). The molecule has 0 aromatic heterocycles. The maximum atomic E-state index is 12.8. The lowest BCUT2D eigenvalue weighted by Gasteiger charge is -2.37. The number of hydrogen-bond donors (Lipinski definition) is 1. The number of fused-ring (bicyclic) bond motifs is 1. The summed E-state index contributed by atoms with van der Waals surface area (Å²) in [6, 6.07) is 12.4. The van der Waals surface area contributed by atoms with Gasteiger partial charge in [-0.1, -0.05) is 18.2 Å². The van der Waals surface area contributed by atoms with Gasteiger partial charge in [0.05, 0.1) is 24.3 Å². The van der Waals surface area contributed by atoms with Gasteiger partial charge in [-0.05, 0) is 44.3 Å². The van der Waals surface area contributed by atoms with E-state index in [1.807, 2.05) is 24.3 Å². The first-order valence-corrected chi connectivity index (χ1v) is 9.42. The highest BCUT2D eigenvalue weighted by Crippen LogP contribution is 2.33. The lowest BCUT2D eigenvalue weighted by Crippen LogP contribution is -2.46. The number of amides is 1. The Labute approximate surface area is 168 Å². The summed E-state index contributed by atoms with van der Waals surface area (Å²) in [5, 5.41) is 2.53. The van der Waals surface area contributed by atoms with Crippen molar-refractivity contribution in [2.75, 3.05) is 43.4 Å². The predicted octanol–water partition coefficient (Wildman–Crippen LogP) is 3.86. The minimum atomic E-state index is -4.45. The van der Waals surface area contributed by atoms with E-state index in [9.17, 15) is 18.0 Å². The molecule has 5 nitrogen and oxygen atoms in total. The lowest BCUT2D eigenvalue weighted by atomic mass is 10.2. The molecule has 2 aromatic rings. The molecule has 0 aliphatic carbocycles. The third kappa shape index (κ3) is 5.41. The number of benzene rings is 2. The highest BCUT2D eigenvalue weighted by atomic mass is 19.4. The maximum Gasteiger partial charge on any atom is 0.416 e. The second-order valence-electron chi connectivity index (χ2n) is 7.07. The minimum Gasteiger partial charge on any atom is -0.485 e. The van der Waals surface area contributed by atoms with Crippen LogP contribution in [0.15, 0.2) is 48.5 Å². The molecule has 0 fully saturated rings. The first-order chi connectivity index (χ1) is 13.8. The number of likely N-dealkylation sites (N-methyl/N-ethyl adjacent to an activating group) is 2. The average Bonchev–Trinajstić information content (AvgIpc) is 2.66. The molecule has 0 bridgehead atoms. The minimum absolute atomic E-state index is 0.0455. The molecular formula is C21H24F3N3O2. The Balaban J connectivity index is 1.56. The van der Waals surface area contributed by atoms with E-state index in [1.54, 1.807) is 11.9 Å². The van der Waals surface area contributed by atoms with Crippen molar-refractivity contribution in [3.05, 3.63) is 54.1 Å². The van der Waals surface area contributed by atoms with Gasteiger partial charge in [0.1, 0.15) is 11.9 Å². The Kier molecular flexibility index (Phi) is 6.32. The van der Waals surface area contributed by atoms with Crippen molar-refractivity contribution in [2.24, 2.45) is 0 Å². The standard InChI is InChI=1S/C21H24F3N3O2/c1-3-27-13-17(29-19-10-5-4-9-18(19)27)12-26(2)14-20(28)25-16-8-6-7-15(11-16)21(22,23)24/h4-11,17H,3,12-14H2,1-2H3,(H,25,28)/t17-/m0/s1. The van der Waals surface area contributed by atoms with Gasteiger partial charge in [0, 0.05) is 18.8 Å². The van der Waals surface area contributed by atoms with Crippen molar-refractivity contribution in [3.63, 3.8) is 0 Å². The van der Waals surface area contributed by atoms with Crippen molar-refractivity contribution in [1.29, 1.82) is 0 Å². The van der Waals surface area contributed by atoms with Crippen LogP contribution in [0.1, 0.15) is 12.5 Å². The van der Waals surface area contributed by atoms with Gasteiger partial charge in [-0.3, -0.25) is 9.69 Å². The number of carbonyl (C=O) groups excluding carboxylic acids is 1. The molecule has 1 aliphatic rings. The average molecular weight is 407 g/mol. The molecule has 8 heteroatoms. The molecule has 1 N–H and O–H groups in total. The molecule has 0 saturated heterocycles. The molecule has 1 heterocycles. The number of nitrogens with one attached hydrogen (secondary N) is 1. The maximum absolute atomic E-state index is 12.8. The number of nitrogens with zero attached hydrogens (tertiary/aromatic N) is 2. The second kappa shape index (κ2) is 8.73. The van der Waals surface area contributed by atoms with Crippen LogP contribution in [-0.2, 0) is 11.0 Å². The van der Waals surface area contributed by atoms with Crippen LogP contribution in [0, 0.1) is 0 Å². The summed E-state index contributed by atoms with van der Waals surface area (Å²) in [6.07, 6.45) is -4.56. The third-order valence-corrected chi connectivity index (χ3v) is 4.71. The van der Waals surface area contributed by atoms with E-state index in [0.717, 1.165) is 30.1 Å². The highest BCUT2D eigenvalue weighted by Gasteiger charge is 2.30. The summed E-state index contributed by atoms with van der Waals surface area (Å²) in [4.78, 5) is 16.3. The van der Waals surface area contributed by atoms with E-state index in [2.05, 4.69) is 17.1 Å². The van der Waals surface area contributed by atoms with Crippen LogP contribution in [0.3, 0.4) is 0 Å². The van der Waals surface area contributed by atoms with E-state index < -0.39 is 11.7 Å². The first-order valence-electron chi connectivity index (χ1n) is 9.42. The van der Waals surface area contributed by atoms with Crippen LogP contribution in [0.2, 0.25) is 0 Å². The van der Waals surface area contributed by atoms with Gasteiger partial charge < -0.3 is 15.0 Å². The molecule has 29 heavy (non-hydrogen) atoms. The van der Waals surface area contributed by atoms with Crippen molar-refractivity contribution < 1.29 is 22.7 Å². The van der Waals surface area contributed by atoms with Gasteiger partial charge in [0.25, 0.3) is 0 Å². The van der Waals surface area contributed by atoms with Crippen LogP contribution in [0.25, 0.3) is 0 Å². The highest BCUT2D eigenvalue weighted by molar-refractivity contribution is 5.92. The molecule has 0 saturated carbocycles. The molecule has 1 amide bonds. The molecule has 0 unspecified atom stereocenters. The zero-order valence-electron chi connectivity index (χ0n) is 16.4. The van der Waals surface area contributed by atoms with Crippen LogP contribution in [0.4, 0.5) is 24.5 Å². The summed E-state index contributed by atoms with van der Waals surface area (Å²) in [5.41, 5.74) is 0.381. The van der Waals surface area contributed by atoms with Crippen molar-refractivity contribution in [2.45, 2.75) is 19.2 Å². The normalized spacial score (nSPS) is 16.3. The summed E-state index contributed by atoms with van der Waals surface area (Å²) < 4.78 is 44.5. The van der Waals surface area contributed by atoms with E-state index in [1.165, 1.54) is 12.1 Å². The molecule has 156 valence electrons. The van der Waals surface area contributed by atoms with Gasteiger partial charge in [-0.25, -0.2) is 0 Å². The van der Waals surface area contributed by atoms with Crippen LogP contribution >= 0.6 is 0 Å². The van der Waals surface area contributed by atoms with Gasteiger partial charge in [0.15, 0.2) is 0 Å². The van der Waals surface area contributed by atoms with Gasteiger partial charge >= 0.3 is 6.18 Å². The van der Waals surface area contributed by atoms with E-state index in [0.29, 0.717) is 13.1 Å². The lowest BCUT2D eigenvalue weighted by molar-refractivity contribution is -0.137. The number of anilines is 2. The van der Waals surface area contributed by atoms with Crippen LogP contribution in [0.5, 0.6) is 5.75 Å². The molecule has 0 spiro atoms. The van der Waals surface area contributed by atoms with E-state index in [-0.39, 0.29) is 24.2 Å². The fourth-order valence-electron chi connectivity index (χ4n) is 3.40. The Morgan fingerprint density at radius 2 is 2.00 bits per heavy atom. The van der Waals surface area contributed by atoms with Gasteiger partial charge in [-0.15, -0.1) is 0 Å². The predicted molar refractivity (Wildman–Crippen MR) is 106 cm³/mol. The molecule has 2 aromatic carbocycles. The van der Waals surface area contributed by atoms with Gasteiger partial charge in [-0.2, -0.15) is 13.2 Å². The number of halogens is 3. The SMILES string of the molecule is CCN1C[C@H](CN(C)CC(=O)Nc2cccc(C(F)(F)F)c2)Oc2ccccc21. The third-order valence-electron chi connectivity index (χ3n) is 4.71. The summed E-state index contributed by atoms with van der Waals surface area (Å²) in [7, 11) is 1.78. The Hall–Kier alpha value is -2.74. The van der Waals surface area contributed by atoms with E-state index >= 15 is 0 Å². The number of alkyl halides is 3. The summed E-state index contributed by atoms with van der Waals surface area (Å²) in [5.74, 6) is 0.433. The Bertz CT molecular complexity index is 857. The number of carbonyl (C=O) groups is 1. The van der Waals surface area contributed by atoms with Gasteiger partial charge in [0.2, 0.25) is 5.91 Å². The van der Waals surface area contributed by atoms with Crippen LogP contribution in [-0.4, -0.2) is 50.1 Å². The fourth-order valence-corrected chi connectivity index (χ4v) is 3.40. The number of hydrogen-bond acceptors (Lipinski definition) is 4.